The minimum Gasteiger partial charge on any atom is -0.481 e. The average molecular weight is 291 g/mol. The van der Waals surface area contributed by atoms with Crippen molar-refractivity contribution in [2.45, 2.75) is 19.8 Å². The van der Waals surface area contributed by atoms with Gasteiger partial charge in [0.15, 0.2) is 5.13 Å². The number of nitrogens with zero attached hydrogens (tertiary/aromatic N) is 2. The van der Waals surface area contributed by atoms with Gasteiger partial charge in [0.2, 0.25) is 0 Å². The molecule has 0 saturated carbocycles. The molecular weight excluding hydrogens is 278 g/mol. The van der Waals surface area contributed by atoms with E-state index < -0.39 is 5.97 Å². The Morgan fingerprint density at radius 3 is 2.90 bits per heavy atom. The van der Waals surface area contributed by atoms with E-state index in [1.54, 1.807) is 25.3 Å². The zero-order valence-electron chi connectivity index (χ0n) is 10.8. The summed E-state index contributed by atoms with van der Waals surface area (Å²) in [5, 5.41) is 11.8. The number of rotatable bonds is 5. The Bertz CT molecular complexity index is 625. The van der Waals surface area contributed by atoms with Gasteiger partial charge in [-0.25, -0.2) is 4.98 Å². The highest BCUT2D eigenvalue weighted by atomic mass is 32.1. The predicted molar refractivity (Wildman–Crippen MR) is 75.0 cm³/mol. The first kappa shape index (κ1) is 14.1. The van der Waals surface area contributed by atoms with E-state index in [0.717, 1.165) is 10.6 Å². The highest BCUT2D eigenvalue weighted by Gasteiger charge is 2.12. The van der Waals surface area contributed by atoms with E-state index >= 15 is 0 Å². The van der Waals surface area contributed by atoms with Gasteiger partial charge in [-0.05, 0) is 25.5 Å². The van der Waals surface area contributed by atoms with Crippen molar-refractivity contribution in [1.29, 1.82) is 0 Å². The van der Waals surface area contributed by atoms with Gasteiger partial charge in [0.05, 0.1) is 17.7 Å². The molecule has 0 aliphatic rings. The molecule has 0 aliphatic heterocycles. The van der Waals surface area contributed by atoms with Crippen LogP contribution in [0.5, 0.6) is 0 Å². The van der Waals surface area contributed by atoms with E-state index in [1.807, 2.05) is 0 Å². The van der Waals surface area contributed by atoms with E-state index in [1.165, 1.54) is 17.5 Å². The number of carbonyl (C=O) groups is 2. The second-order valence-corrected chi connectivity index (χ2v) is 5.20. The molecule has 0 aromatic carbocycles. The van der Waals surface area contributed by atoms with Crippen LogP contribution >= 0.6 is 11.3 Å². The number of carbonyl (C=O) groups excluding carboxylic acids is 1. The van der Waals surface area contributed by atoms with Gasteiger partial charge >= 0.3 is 5.97 Å². The van der Waals surface area contributed by atoms with Crippen molar-refractivity contribution in [2.24, 2.45) is 0 Å². The van der Waals surface area contributed by atoms with Crippen molar-refractivity contribution in [3.05, 3.63) is 40.7 Å². The van der Waals surface area contributed by atoms with Gasteiger partial charge in [-0.15, -0.1) is 11.3 Å². The number of aliphatic carboxylic acids is 1. The van der Waals surface area contributed by atoms with Crippen molar-refractivity contribution in [3.8, 4) is 0 Å². The summed E-state index contributed by atoms with van der Waals surface area (Å²) in [5.41, 5.74) is 1.20. The van der Waals surface area contributed by atoms with Crippen LogP contribution in [0, 0.1) is 6.92 Å². The van der Waals surface area contributed by atoms with Gasteiger partial charge in [0.25, 0.3) is 5.91 Å². The van der Waals surface area contributed by atoms with Crippen molar-refractivity contribution >= 4 is 28.3 Å². The van der Waals surface area contributed by atoms with Gasteiger partial charge in [0.1, 0.15) is 0 Å². The maximum absolute atomic E-state index is 11.9. The zero-order chi connectivity index (χ0) is 14.5. The fourth-order valence-electron chi connectivity index (χ4n) is 1.60. The van der Waals surface area contributed by atoms with Crippen LogP contribution < -0.4 is 5.32 Å². The lowest BCUT2D eigenvalue weighted by atomic mass is 10.2. The highest BCUT2D eigenvalue weighted by molar-refractivity contribution is 7.15. The summed E-state index contributed by atoms with van der Waals surface area (Å²) >= 11 is 1.30. The Morgan fingerprint density at radius 2 is 2.25 bits per heavy atom. The molecule has 0 unspecified atom stereocenters. The maximum Gasteiger partial charge on any atom is 0.303 e. The summed E-state index contributed by atoms with van der Waals surface area (Å²) in [7, 11) is 0. The molecule has 104 valence electrons. The first-order valence-electron chi connectivity index (χ1n) is 5.95. The third kappa shape index (κ3) is 3.61. The number of hydrogen-bond donors (Lipinski definition) is 2. The minimum absolute atomic E-state index is 0.0546. The lowest BCUT2D eigenvalue weighted by Gasteiger charge is -1.99. The van der Waals surface area contributed by atoms with Gasteiger partial charge in [0, 0.05) is 17.3 Å². The Hall–Kier alpha value is -2.28. The Labute approximate surface area is 119 Å². The van der Waals surface area contributed by atoms with Crippen LogP contribution in [0.15, 0.2) is 24.5 Å². The quantitative estimate of drug-likeness (QED) is 0.880. The molecule has 2 heterocycles. The molecule has 7 heteroatoms. The molecule has 0 spiro atoms. The molecule has 2 aromatic heterocycles. The molecule has 20 heavy (non-hydrogen) atoms. The summed E-state index contributed by atoms with van der Waals surface area (Å²) in [6.45, 7) is 1.80. The van der Waals surface area contributed by atoms with Crippen LogP contribution in [0.3, 0.4) is 0 Å². The van der Waals surface area contributed by atoms with Gasteiger partial charge < -0.3 is 5.11 Å². The van der Waals surface area contributed by atoms with Crippen LogP contribution in [0.2, 0.25) is 0 Å². The average Bonchev–Trinajstić information content (AvgIpc) is 2.77. The smallest absolute Gasteiger partial charge is 0.303 e. The largest absolute Gasteiger partial charge is 0.481 e. The maximum atomic E-state index is 11.9. The topological polar surface area (TPSA) is 92.2 Å². The third-order valence-corrected chi connectivity index (χ3v) is 3.74. The fourth-order valence-corrected chi connectivity index (χ4v) is 2.56. The molecule has 0 radical (unpaired) electrons. The van der Waals surface area contributed by atoms with Crippen molar-refractivity contribution in [2.75, 3.05) is 5.32 Å². The molecular formula is C13H13N3O3S. The van der Waals surface area contributed by atoms with Crippen LogP contribution in [-0.4, -0.2) is 27.0 Å². The monoisotopic (exact) mass is 291 g/mol. The lowest BCUT2D eigenvalue weighted by Crippen LogP contribution is -2.11. The summed E-state index contributed by atoms with van der Waals surface area (Å²) in [5.74, 6) is -1.13. The van der Waals surface area contributed by atoms with E-state index in [-0.39, 0.29) is 12.3 Å². The van der Waals surface area contributed by atoms with Crippen LogP contribution in [-0.2, 0) is 11.2 Å². The number of carboxylic acid groups (broad SMARTS) is 1. The molecule has 0 bridgehead atoms. The number of pyridine rings is 1. The minimum atomic E-state index is -0.848. The summed E-state index contributed by atoms with van der Waals surface area (Å²) < 4.78 is 0. The second-order valence-electron chi connectivity index (χ2n) is 4.12. The normalized spacial score (nSPS) is 10.2. The first-order valence-corrected chi connectivity index (χ1v) is 6.77. The Kier molecular flexibility index (Phi) is 4.41. The van der Waals surface area contributed by atoms with Crippen molar-refractivity contribution in [1.82, 2.24) is 9.97 Å². The molecule has 0 aliphatic carbocycles. The number of carboxylic acids is 1. The van der Waals surface area contributed by atoms with Crippen LogP contribution in [0.4, 0.5) is 5.13 Å². The van der Waals surface area contributed by atoms with Crippen molar-refractivity contribution < 1.29 is 14.7 Å². The number of aromatic nitrogens is 2. The molecule has 1 amide bonds. The molecule has 0 saturated heterocycles. The number of nitrogens with one attached hydrogen (secondary N) is 1. The summed E-state index contributed by atoms with van der Waals surface area (Å²) in [6.07, 6.45) is 3.54. The number of thiazole rings is 1. The zero-order valence-corrected chi connectivity index (χ0v) is 11.6. The van der Waals surface area contributed by atoms with Gasteiger partial charge in [-0.1, -0.05) is 0 Å². The van der Waals surface area contributed by atoms with Crippen LogP contribution in [0.25, 0.3) is 0 Å². The number of aryl methyl sites for hydroxylation is 2. The highest BCUT2D eigenvalue weighted by Crippen LogP contribution is 2.24. The number of hydrogen-bond acceptors (Lipinski definition) is 5. The van der Waals surface area contributed by atoms with Gasteiger partial charge in [-0.3, -0.25) is 19.9 Å². The molecule has 2 N–H and O–H groups in total. The van der Waals surface area contributed by atoms with E-state index in [9.17, 15) is 9.59 Å². The second kappa shape index (κ2) is 6.25. The predicted octanol–water partition coefficient (Wildman–Crippen LogP) is 2.12. The van der Waals surface area contributed by atoms with Crippen LogP contribution in [0.1, 0.15) is 27.3 Å². The summed E-state index contributed by atoms with van der Waals surface area (Å²) in [4.78, 5) is 31.5. The van der Waals surface area contributed by atoms with E-state index in [2.05, 4.69) is 15.3 Å². The first-order chi connectivity index (χ1) is 9.56. The number of amides is 1. The molecule has 2 rings (SSSR count). The Balaban J connectivity index is 2.05. The molecule has 0 fully saturated rings. The molecule has 2 aromatic rings. The van der Waals surface area contributed by atoms with Gasteiger partial charge in [-0.2, -0.15) is 0 Å². The SMILES string of the molecule is Cc1nc(NC(=O)c2cccnc2)sc1CCC(=O)O. The third-order valence-electron chi connectivity index (χ3n) is 2.60. The molecule has 6 nitrogen and oxygen atoms in total. The standard InChI is InChI=1S/C13H13N3O3S/c1-8-10(4-5-11(17)18)20-13(15-8)16-12(19)9-3-2-6-14-7-9/h2-3,6-7H,4-5H2,1H3,(H,17,18)(H,15,16,19). The van der Waals surface area contributed by atoms with Crippen molar-refractivity contribution in [3.63, 3.8) is 0 Å². The van der Waals surface area contributed by atoms with E-state index in [4.69, 9.17) is 5.11 Å². The summed E-state index contributed by atoms with van der Waals surface area (Å²) in [6, 6.07) is 3.34. The Morgan fingerprint density at radius 1 is 1.45 bits per heavy atom. The fraction of sp³-hybridized carbons (Fsp3) is 0.231. The number of anilines is 1. The molecule has 0 atom stereocenters. The lowest BCUT2D eigenvalue weighted by molar-refractivity contribution is -0.136. The van der Waals surface area contributed by atoms with E-state index in [0.29, 0.717) is 17.1 Å².